The third kappa shape index (κ3) is 11.4. The van der Waals surface area contributed by atoms with E-state index in [9.17, 15) is 81.2 Å². The van der Waals surface area contributed by atoms with E-state index in [1.807, 2.05) is 0 Å². The van der Waals surface area contributed by atoms with E-state index in [0.717, 1.165) is 0 Å². The average Bonchev–Trinajstić information content (AvgIpc) is 3.42. The molecule has 75 heavy (non-hydrogen) atoms. The molecule has 0 aromatic heterocycles. The van der Waals surface area contributed by atoms with Gasteiger partial charge in [0.2, 0.25) is 0 Å². The molecule has 35 nitrogen and oxygen atoms in total. The largest absolute Gasteiger partial charge is 0.556 e. The molecule has 0 saturated carbocycles. The van der Waals surface area contributed by atoms with Crippen LogP contribution in [0.25, 0.3) is 0 Å². The van der Waals surface area contributed by atoms with Crippen LogP contribution in [0, 0.1) is 0 Å². The van der Waals surface area contributed by atoms with Crippen LogP contribution in [0.2, 0.25) is 0 Å². The van der Waals surface area contributed by atoms with Crippen LogP contribution in [0.4, 0.5) is 0 Å². The van der Waals surface area contributed by atoms with Crippen molar-refractivity contribution in [2.75, 3.05) is 39.6 Å². The van der Waals surface area contributed by atoms with Crippen molar-refractivity contribution in [3.05, 3.63) is 0 Å². The molecular formula is C39H63O35P. The van der Waals surface area contributed by atoms with Gasteiger partial charge in [-0.25, -0.2) is 19.2 Å². The SMILES string of the molecule is CCC(O)O[C@@H]1[C@@H](O)[C@H]2O[C@@H]3[C@@H]4OOP5(=O)OO[C@@H]6[C@@H](O)[C@@H](O[C@@H]7[C@H](OO5)[C@@H](O)[C@@H](O[C@H]5[C@H](O)[C@@H](O)[C@@H](O[C@H]8[C@H](O)[C@@H](O)[C@@H](O[C@H]1[C@@H](CO)O2)O[C@@H]8CO)O[C@@H]5CO)O[C@@H]7CO)O[C@H](CO)[C@@H]6O[C@@H](O[C@@H]3CO)[C@@H]4O. The summed E-state index contributed by atoms with van der Waals surface area (Å²) in [5, 5.41) is 168. The van der Waals surface area contributed by atoms with Gasteiger partial charge in [0.05, 0.1) is 39.6 Å². The lowest BCUT2D eigenvalue weighted by molar-refractivity contribution is -0.430. The van der Waals surface area contributed by atoms with E-state index < -0.39 is 238 Å². The minimum atomic E-state index is -5.76. The predicted molar refractivity (Wildman–Crippen MR) is 218 cm³/mol. The predicted octanol–water partition coefficient (Wildman–Crippen LogP) is -10.3. The Kier molecular flexibility index (Phi) is 19.1. The zero-order valence-electron chi connectivity index (χ0n) is 39.2. The van der Waals surface area contributed by atoms with Crippen LogP contribution < -0.4 is 0 Å². The zero-order chi connectivity index (χ0) is 53.8. The normalized spacial score (nSPS) is 54.2. The second-order valence-corrected chi connectivity index (χ2v) is 20.0. The molecule has 2 unspecified atom stereocenters. The lowest BCUT2D eigenvalue weighted by Gasteiger charge is -2.51. The van der Waals surface area contributed by atoms with Crippen molar-refractivity contribution in [3.63, 3.8) is 0 Å². The molecule has 36 heteroatoms. The van der Waals surface area contributed by atoms with Gasteiger partial charge in [0, 0.05) is 0 Å². The second-order valence-electron chi connectivity index (χ2n) is 18.7. The number of aliphatic hydroxyl groups is 15. The Morgan fingerprint density at radius 1 is 0.360 bits per heavy atom. The van der Waals surface area contributed by atoms with Gasteiger partial charge in [-0.05, 0) is 6.42 Å². The average molecular weight is 1120 g/mol. The summed E-state index contributed by atoms with van der Waals surface area (Å²) in [5.41, 5.74) is 0. The maximum atomic E-state index is 14.6. The van der Waals surface area contributed by atoms with Crippen LogP contribution in [0.3, 0.4) is 0 Å². The summed E-state index contributed by atoms with van der Waals surface area (Å²) in [5.74, 6) is 0. The zero-order valence-corrected chi connectivity index (χ0v) is 40.1. The summed E-state index contributed by atoms with van der Waals surface area (Å²) in [6.45, 7) is -4.81. The van der Waals surface area contributed by atoms with Crippen LogP contribution in [-0.2, 0) is 94.8 Å². The van der Waals surface area contributed by atoms with Gasteiger partial charge in [0.25, 0.3) is 0 Å². The maximum absolute atomic E-state index is 14.6. The van der Waals surface area contributed by atoms with Gasteiger partial charge in [-0.15, -0.1) is 14.0 Å². The van der Waals surface area contributed by atoms with E-state index >= 15 is 0 Å². The molecule has 0 aliphatic carbocycles. The highest BCUT2D eigenvalue weighted by Gasteiger charge is 2.62. The topological polar surface area (TPSA) is 496 Å². The minimum absolute atomic E-state index is 0.139. The standard InChI is InChI=1S/C39H63O35P/c1-2-15(46)62-30-20(51)36-58-11(5-42)26(30)65-35-19(50)17(48)24(9(3-40)57-35)63-34-18(49)16(47)25(10(4-41)56-34)64-37-21(52)31-28(12(6-43)59-37)67-39-23(54)33-29(14(8-45)61-39)68-38-22(53)32(27(66-36)13(7-44)60-38)70-73-75(55,72-69-31)74-71-33/h9-54H,2-8H2,1H3/t9-,10-,11-,12-,13-,14-,15?,16-,17-,18-,19-,20-,21-,22-,23-,24-,25-,26+,27+,28+,29+,30-,31-,32-,33-,34-,35-,36-,37-,38-,39-,75?/m1/s1. The van der Waals surface area contributed by atoms with Crippen molar-refractivity contribution < 1.29 is 171 Å². The minimum Gasteiger partial charge on any atom is -0.394 e. The number of phosphoric acid groups is 1. The summed E-state index contributed by atoms with van der Waals surface area (Å²) in [4.78, 5) is 16.2. The molecule has 13 saturated heterocycles. The Hall–Kier alpha value is -1.13. The van der Waals surface area contributed by atoms with Crippen LogP contribution in [0.15, 0.2) is 0 Å². The molecule has 434 valence electrons. The first-order valence-electron chi connectivity index (χ1n) is 23.9. The van der Waals surface area contributed by atoms with Crippen molar-refractivity contribution >= 4 is 7.82 Å². The quantitative estimate of drug-likeness (QED) is 0.0579. The van der Waals surface area contributed by atoms with E-state index in [1.54, 1.807) is 0 Å². The van der Waals surface area contributed by atoms with Crippen LogP contribution >= 0.6 is 7.82 Å². The molecule has 13 aliphatic rings. The molecule has 15 N–H and O–H groups in total. The Labute approximate surface area is 422 Å². The van der Waals surface area contributed by atoms with Crippen molar-refractivity contribution in [1.29, 1.82) is 0 Å². The molecule has 0 radical (unpaired) electrons. The van der Waals surface area contributed by atoms with Crippen LogP contribution in [-0.4, -0.2) is 307 Å². The molecule has 13 rings (SSSR count). The van der Waals surface area contributed by atoms with Crippen LogP contribution in [0.5, 0.6) is 0 Å². The summed E-state index contributed by atoms with van der Waals surface area (Å²) in [6, 6.07) is 0. The molecule has 13 heterocycles. The lowest BCUT2D eigenvalue weighted by Crippen LogP contribution is -2.69. The fourth-order valence-electron chi connectivity index (χ4n) is 9.97. The monoisotopic (exact) mass is 1120 g/mol. The number of rotatable bonds is 9. The Balaban J connectivity index is 1.15. The van der Waals surface area contributed by atoms with Crippen LogP contribution in [0.1, 0.15) is 13.3 Å². The number of hydrogen-bond acceptors (Lipinski definition) is 35. The number of hydrogen-bond donors (Lipinski definition) is 15. The Morgan fingerprint density at radius 3 is 0.947 bits per heavy atom. The Bertz CT molecular complexity index is 1880. The smallest absolute Gasteiger partial charge is 0.394 e. The molecule has 13 fully saturated rings. The van der Waals surface area contributed by atoms with E-state index in [1.165, 1.54) is 6.92 Å². The third-order valence-corrected chi connectivity index (χ3v) is 14.8. The summed E-state index contributed by atoms with van der Waals surface area (Å²) < 4.78 is 107. The van der Waals surface area contributed by atoms with Crippen molar-refractivity contribution in [1.82, 2.24) is 0 Å². The van der Waals surface area contributed by atoms with E-state index in [0.29, 0.717) is 0 Å². The van der Waals surface area contributed by atoms with Crippen molar-refractivity contribution in [2.24, 2.45) is 0 Å². The first-order chi connectivity index (χ1) is 35.9. The highest BCUT2D eigenvalue weighted by atomic mass is 31.2. The molecule has 0 spiro atoms. The third-order valence-electron chi connectivity index (χ3n) is 14.0. The van der Waals surface area contributed by atoms with Gasteiger partial charge in [-0.1, -0.05) is 6.92 Å². The fourth-order valence-corrected chi connectivity index (χ4v) is 10.7. The summed E-state index contributed by atoms with van der Waals surface area (Å²) in [6.07, 6.45) is -61.9. The van der Waals surface area contributed by atoms with Gasteiger partial charge in [-0.2, -0.15) is 0 Å². The highest BCUT2D eigenvalue weighted by molar-refractivity contribution is 7.48. The highest BCUT2D eigenvalue weighted by Crippen LogP contribution is 2.54. The van der Waals surface area contributed by atoms with Gasteiger partial charge >= 0.3 is 7.82 Å². The number of aliphatic hydroxyl groups excluding tert-OH is 15. The fraction of sp³-hybridized carbons (Fsp3) is 1.00. The van der Waals surface area contributed by atoms with Gasteiger partial charge in [-0.3, -0.25) is 0 Å². The first kappa shape index (κ1) is 58.5. The van der Waals surface area contributed by atoms with Gasteiger partial charge in [0.15, 0.2) is 62.3 Å². The number of fused-ring (bicyclic) bond motifs is 4. The number of ether oxygens (including phenoxy) is 13. The second kappa shape index (κ2) is 24.5. The lowest BCUT2D eigenvalue weighted by atomic mass is 9.94. The van der Waals surface area contributed by atoms with E-state index in [-0.39, 0.29) is 6.42 Å². The van der Waals surface area contributed by atoms with Gasteiger partial charge < -0.3 is 138 Å². The molecule has 0 amide bonds. The van der Waals surface area contributed by atoms with Gasteiger partial charge in [0.1, 0.15) is 128 Å². The first-order valence-corrected chi connectivity index (χ1v) is 25.3. The summed E-state index contributed by atoms with van der Waals surface area (Å²) >= 11 is 0. The molecule has 32 atom stereocenters. The van der Waals surface area contributed by atoms with E-state index in [4.69, 9.17) is 90.3 Å². The molecule has 0 aromatic rings. The Morgan fingerprint density at radius 2 is 0.627 bits per heavy atom. The maximum Gasteiger partial charge on any atom is 0.556 e. The van der Waals surface area contributed by atoms with Crippen molar-refractivity contribution in [3.8, 4) is 0 Å². The summed E-state index contributed by atoms with van der Waals surface area (Å²) in [7, 11) is -5.76. The van der Waals surface area contributed by atoms with E-state index in [2.05, 4.69) is 0 Å². The molecule has 0 aromatic carbocycles. The molecule has 13 aliphatic heterocycles. The molecule has 13 bridgehead atoms. The molecular weight excluding hydrogens is 1060 g/mol. The van der Waals surface area contributed by atoms with Crippen molar-refractivity contribution in [2.45, 2.75) is 204 Å².